The summed E-state index contributed by atoms with van der Waals surface area (Å²) in [5.74, 6) is 0.367. The van der Waals surface area contributed by atoms with E-state index in [4.69, 9.17) is 4.74 Å². The van der Waals surface area contributed by atoms with Crippen molar-refractivity contribution < 1.29 is 18.7 Å². The Kier molecular flexibility index (Phi) is 10.1. The van der Waals surface area contributed by atoms with Crippen molar-refractivity contribution in [1.29, 1.82) is 0 Å². The van der Waals surface area contributed by atoms with Gasteiger partial charge in [-0.3, -0.25) is 9.59 Å². The van der Waals surface area contributed by atoms with E-state index in [0.717, 1.165) is 37.3 Å². The van der Waals surface area contributed by atoms with E-state index in [9.17, 15) is 14.0 Å². The molecule has 0 aromatic heterocycles. The number of para-hydroxylation sites is 2. The highest BCUT2D eigenvalue weighted by Crippen LogP contribution is 2.24. The highest BCUT2D eigenvalue weighted by molar-refractivity contribution is 5.92. The Morgan fingerprint density at radius 1 is 1.00 bits per heavy atom. The summed E-state index contributed by atoms with van der Waals surface area (Å²) in [6.45, 7) is 10.6. The molecule has 0 atom stereocenters. The Hall–Kier alpha value is -2.93. The zero-order valence-electron chi connectivity index (χ0n) is 21.2. The van der Waals surface area contributed by atoms with Crippen LogP contribution in [0.15, 0.2) is 48.5 Å². The first-order valence-electron chi connectivity index (χ1n) is 12.6. The summed E-state index contributed by atoms with van der Waals surface area (Å²) < 4.78 is 19.3. The summed E-state index contributed by atoms with van der Waals surface area (Å²) >= 11 is 0. The van der Waals surface area contributed by atoms with Crippen LogP contribution >= 0.6 is 0 Å². The fourth-order valence-electron chi connectivity index (χ4n) is 4.50. The molecule has 2 amide bonds. The van der Waals surface area contributed by atoms with E-state index in [1.807, 2.05) is 34.1 Å². The Balaban J connectivity index is 1.72. The number of rotatable bonds is 7. The molecule has 1 heterocycles. The number of benzene rings is 2. The highest BCUT2D eigenvalue weighted by atomic mass is 19.1. The smallest absolute Gasteiger partial charge is 0.223 e. The van der Waals surface area contributed by atoms with Gasteiger partial charge in [0.2, 0.25) is 11.8 Å². The van der Waals surface area contributed by atoms with Crippen LogP contribution in [0.3, 0.4) is 0 Å². The zero-order chi connectivity index (χ0) is 25.2. The second kappa shape index (κ2) is 13.2. The number of anilines is 1. The first-order valence-corrected chi connectivity index (χ1v) is 12.6. The fraction of sp³-hybridized carbons (Fsp3) is 0.500. The first-order chi connectivity index (χ1) is 16.8. The van der Waals surface area contributed by atoms with E-state index in [-0.39, 0.29) is 24.2 Å². The lowest BCUT2D eigenvalue weighted by Crippen LogP contribution is -2.40. The van der Waals surface area contributed by atoms with Crippen molar-refractivity contribution in [3.05, 3.63) is 59.9 Å². The van der Waals surface area contributed by atoms with Crippen LogP contribution in [0.1, 0.15) is 45.6 Å². The van der Waals surface area contributed by atoms with Crippen LogP contribution in [0.2, 0.25) is 0 Å². The van der Waals surface area contributed by atoms with Gasteiger partial charge in [0, 0.05) is 51.8 Å². The predicted molar refractivity (Wildman–Crippen MR) is 137 cm³/mol. The lowest BCUT2D eigenvalue weighted by atomic mass is 10.1. The molecule has 2 aromatic carbocycles. The number of amides is 2. The van der Waals surface area contributed by atoms with E-state index in [1.165, 1.54) is 6.07 Å². The summed E-state index contributed by atoms with van der Waals surface area (Å²) in [5, 5.41) is 0. The molecule has 6 nitrogen and oxygen atoms in total. The molecule has 1 aliphatic rings. The number of fused-ring (bicyclic) bond motifs is 1. The minimum absolute atomic E-state index is 0.00951. The quantitative estimate of drug-likeness (QED) is 0.535. The molecule has 0 fully saturated rings. The number of hydrogen-bond acceptors (Lipinski definition) is 4. The van der Waals surface area contributed by atoms with Gasteiger partial charge in [0.15, 0.2) is 11.6 Å². The minimum atomic E-state index is -0.400. The molecule has 0 radical (unpaired) electrons. The Bertz CT molecular complexity index is 981. The molecule has 0 saturated carbocycles. The summed E-state index contributed by atoms with van der Waals surface area (Å²) in [6, 6.07) is 14.1. The standard InChI is InChI=1S/C28H38FN3O3/c1-22(2)20-30-15-9-16-32(23(3)33)26-12-6-4-10-24(26)21-31(18-17-30)28(34)14-8-19-35-27-13-7-5-11-25(27)29/h4-7,10-13,22H,8-9,14-21H2,1-3H3. The van der Waals surface area contributed by atoms with Gasteiger partial charge in [-0.15, -0.1) is 0 Å². The molecule has 0 bridgehead atoms. The average molecular weight is 484 g/mol. The predicted octanol–water partition coefficient (Wildman–Crippen LogP) is 4.73. The SMILES string of the molecule is CC(=O)N1CCCN(CC(C)C)CCN(C(=O)CCCOc2ccccc2F)Cc2ccccc21. The summed E-state index contributed by atoms with van der Waals surface area (Å²) in [5.41, 5.74) is 1.84. The van der Waals surface area contributed by atoms with Crippen LogP contribution in [-0.4, -0.2) is 60.9 Å². The lowest BCUT2D eigenvalue weighted by Gasteiger charge is -2.29. The molecular weight excluding hydrogens is 445 g/mol. The molecule has 0 unspecified atom stereocenters. The minimum Gasteiger partial charge on any atom is -0.491 e. The van der Waals surface area contributed by atoms with Crippen molar-refractivity contribution in [2.24, 2.45) is 5.92 Å². The van der Waals surface area contributed by atoms with Gasteiger partial charge >= 0.3 is 0 Å². The molecule has 7 heteroatoms. The van der Waals surface area contributed by atoms with E-state index in [0.29, 0.717) is 38.4 Å². The summed E-state index contributed by atoms with van der Waals surface area (Å²) in [6.07, 6.45) is 1.69. The van der Waals surface area contributed by atoms with Crippen molar-refractivity contribution in [2.45, 2.75) is 46.6 Å². The van der Waals surface area contributed by atoms with Crippen molar-refractivity contribution in [3.8, 4) is 5.75 Å². The number of carbonyl (C=O) groups is 2. The largest absolute Gasteiger partial charge is 0.491 e. The normalized spacial score (nSPS) is 15.5. The highest BCUT2D eigenvalue weighted by Gasteiger charge is 2.22. The second-order valence-electron chi connectivity index (χ2n) is 9.55. The number of carbonyl (C=O) groups excluding carboxylic acids is 2. The van der Waals surface area contributed by atoms with Gasteiger partial charge in [-0.2, -0.15) is 0 Å². The molecule has 190 valence electrons. The van der Waals surface area contributed by atoms with Gasteiger partial charge in [0.25, 0.3) is 0 Å². The first kappa shape index (κ1) is 26.7. The molecule has 3 rings (SSSR count). The lowest BCUT2D eigenvalue weighted by molar-refractivity contribution is -0.132. The third-order valence-electron chi connectivity index (χ3n) is 6.17. The topological polar surface area (TPSA) is 53.1 Å². The molecule has 0 aliphatic carbocycles. The van der Waals surface area contributed by atoms with E-state index in [1.54, 1.807) is 25.1 Å². The van der Waals surface area contributed by atoms with E-state index >= 15 is 0 Å². The second-order valence-corrected chi connectivity index (χ2v) is 9.55. The average Bonchev–Trinajstić information content (AvgIpc) is 2.85. The maximum absolute atomic E-state index is 13.8. The van der Waals surface area contributed by atoms with Crippen LogP contribution < -0.4 is 9.64 Å². The van der Waals surface area contributed by atoms with Gasteiger partial charge in [0.1, 0.15) is 0 Å². The van der Waals surface area contributed by atoms with Crippen molar-refractivity contribution >= 4 is 17.5 Å². The molecule has 0 spiro atoms. The molecule has 0 N–H and O–H groups in total. The number of ether oxygens (including phenoxy) is 1. The third kappa shape index (κ3) is 8.06. The third-order valence-corrected chi connectivity index (χ3v) is 6.17. The van der Waals surface area contributed by atoms with Crippen LogP contribution in [0, 0.1) is 11.7 Å². The van der Waals surface area contributed by atoms with Crippen LogP contribution in [0.5, 0.6) is 5.75 Å². The number of nitrogens with zero attached hydrogens (tertiary/aromatic N) is 3. The van der Waals surface area contributed by atoms with Crippen molar-refractivity contribution in [2.75, 3.05) is 44.2 Å². The molecule has 35 heavy (non-hydrogen) atoms. The number of halogens is 1. The maximum atomic E-state index is 13.8. The van der Waals surface area contributed by atoms with E-state index in [2.05, 4.69) is 18.7 Å². The van der Waals surface area contributed by atoms with Gasteiger partial charge < -0.3 is 19.4 Å². The molecule has 2 aromatic rings. The monoisotopic (exact) mass is 483 g/mol. The van der Waals surface area contributed by atoms with Crippen LogP contribution in [-0.2, 0) is 16.1 Å². The van der Waals surface area contributed by atoms with Crippen molar-refractivity contribution in [3.63, 3.8) is 0 Å². The zero-order valence-corrected chi connectivity index (χ0v) is 21.2. The van der Waals surface area contributed by atoms with Crippen LogP contribution in [0.25, 0.3) is 0 Å². The Morgan fingerprint density at radius 2 is 1.74 bits per heavy atom. The number of hydrogen-bond donors (Lipinski definition) is 0. The summed E-state index contributed by atoms with van der Waals surface area (Å²) in [7, 11) is 0. The maximum Gasteiger partial charge on any atom is 0.223 e. The van der Waals surface area contributed by atoms with Gasteiger partial charge in [0.05, 0.1) is 6.61 Å². The van der Waals surface area contributed by atoms with Crippen LogP contribution in [0.4, 0.5) is 10.1 Å². The van der Waals surface area contributed by atoms with Gasteiger partial charge in [-0.05, 0) is 49.1 Å². The summed E-state index contributed by atoms with van der Waals surface area (Å²) in [4.78, 5) is 31.9. The van der Waals surface area contributed by atoms with Crippen molar-refractivity contribution in [1.82, 2.24) is 9.80 Å². The Labute approximate surface area is 208 Å². The molecular formula is C28H38FN3O3. The Morgan fingerprint density at radius 3 is 2.49 bits per heavy atom. The van der Waals surface area contributed by atoms with Gasteiger partial charge in [-0.25, -0.2) is 4.39 Å². The molecule has 0 saturated heterocycles. The molecule has 1 aliphatic heterocycles. The van der Waals surface area contributed by atoms with Gasteiger partial charge in [-0.1, -0.05) is 44.2 Å². The van der Waals surface area contributed by atoms with E-state index < -0.39 is 5.82 Å². The fourth-order valence-corrected chi connectivity index (χ4v) is 4.50.